The van der Waals surface area contributed by atoms with E-state index in [-0.39, 0.29) is 17.9 Å². The predicted molar refractivity (Wildman–Crippen MR) is 73.0 cm³/mol. The molecular weight excluding hydrogens is 226 g/mol. The number of rotatable bonds is 3. The van der Waals surface area contributed by atoms with Gasteiger partial charge in [0.2, 0.25) is 5.91 Å². The van der Waals surface area contributed by atoms with Crippen molar-refractivity contribution in [3.05, 3.63) is 29.3 Å². The largest absolute Gasteiger partial charge is 0.375 e. The van der Waals surface area contributed by atoms with Crippen LogP contribution in [0.3, 0.4) is 0 Å². The zero-order valence-corrected chi connectivity index (χ0v) is 11.5. The first-order valence-electron chi connectivity index (χ1n) is 6.38. The smallest absolute Gasteiger partial charge is 0.250 e. The third-order valence-electron chi connectivity index (χ3n) is 3.69. The fraction of sp³-hybridized carbons (Fsp3) is 0.533. The highest BCUT2D eigenvalue weighted by Gasteiger charge is 2.36. The van der Waals surface area contributed by atoms with Crippen LogP contribution in [0.4, 0.5) is 5.69 Å². The van der Waals surface area contributed by atoms with Gasteiger partial charge in [-0.25, -0.2) is 0 Å². The summed E-state index contributed by atoms with van der Waals surface area (Å²) in [6.45, 7) is 6.84. The average Bonchev–Trinajstić information content (AvgIpc) is 2.51. The van der Waals surface area contributed by atoms with Gasteiger partial charge in [-0.15, -0.1) is 0 Å². The molecule has 0 aromatic heterocycles. The van der Waals surface area contributed by atoms with Crippen molar-refractivity contribution in [2.75, 3.05) is 19.0 Å². The Morgan fingerprint density at radius 1 is 1.50 bits per heavy atom. The van der Waals surface area contributed by atoms with Crippen LogP contribution in [-0.2, 0) is 14.9 Å². The Morgan fingerprint density at radius 3 is 2.89 bits per heavy atom. The number of amides is 1. The summed E-state index contributed by atoms with van der Waals surface area (Å²) < 4.78 is 4.85. The maximum atomic E-state index is 11.6. The van der Waals surface area contributed by atoms with Crippen LogP contribution in [0.2, 0.25) is 0 Å². The number of hydrogen-bond donors (Lipinski definition) is 1. The molecule has 1 atom stereocenters. The van der Waals surface area contributed by atoms with Gasteiger partial charge >= 0.3 is 0 Å². The van der Waals surface area contributed by atoms with E-state index in [9.17, 15) is 4.79 Å². The monoisotopic (exact) mass is 247 g/mol. The molecule has 1 aromatic carbocycles. The number of fused-ring (bicyclic) bond motifs is 1. The Kier molecular flexibility index (Phi) is 3.44. The first-order chi connectivity index (χ1) is 8.45. The highest BCUT2D eigenvalue weighted by molar-refractivity contribution is 5.93. The lowest BCUT2D eigenvalue weighted by molar-refractivity contribution is -0.119. The lowest BCUT2D eigenvalue weighted by Crippen LogP contribution is -2.18. The summed E-state index contributed by atoms with van der Waals surface area (Å²) in [6, 6.07) is 6.16. The molecule has 0 saturated carbocycles. The second kappa shape index (κ2) is 4.73. The minimum absolute atomic E-state index is 0.0946. The fourth-order valence-corrected chi connectivity index (χ4v) is 3.09. The molecule has 1 amide bonds. The molecule has 0 heterocycles. The molecule has 0 aliphatic heterocycles. The summed E-state index contributed by atoms with van der Waals surface area (Å²) >= 11 is 0. The van der Waals surface area contributed by atoms with Crippen LogP contribution in [0, 0.1) is 0 Å². The number of carbonyl (C=O) groups excluding carboxylic acids is 1. The van der Waals surface area contributed by atoms with Gasteiger partial charge in [-0.2, -0.15) is 0 Å². The third-order valence-corrected chi connectivity index (χ3v) is 3.69. The van der Waals surface area contributed by atoms with E-state index in [2.05, 4.69) is 32.2 Å². The van der Waals surface area contributed by atoms with Gasteiger partial charge in [0, 0.05) is 12.8 Å². The van der Waals surface area contributed by atoms with Crippen LogP contribution < -0.4 is 5.32 Å². The van der Waals surface area contributed by atoms with E-state index in [4.69, 9.17) is 4.74 Å². The number of anilines is 1. The number of methoxy groups -OCH3 is 1. The quantitative estimate of drug-likeness (QED) is 0.891. The summed E-state index contributed by atoms with van der Waals surface area (Å²) in [5.74, 6) is 0.386. The number of nitrogens with one attached hydrogen (secondary N) is 1. The molecule has 1 aliphatic rings. The molecule has 0 saturated heterocycles. The van der Waals surface area contributed by atoms with Crippen molar-refractivity contribution in [1.29, 1.82) is 0 Å². The summed E-state index contributed by atoms with van der Waals surface area (Å²) in [7, 11) is 1.53. The molecule has 0 spiro atoms. The Bertz CT molecular complexity index is 466. The molecule has 0 fully saturated rings. The van der Waals surface area contributed by atoms with E-state index in [1.807, 2.05) is 12.1 Å². The molecule has 3 nitrogen and oxygen atoms in total. The Hall–Kier alpha value is -1.35. The van der Waals surface area contributed by atoms with Gasteiger partial charge in [0.05, 0.1) is 0 Å². The van der Waals surface area contributed by atoms with E-state index >= 15 is 0 Å². The SMILES string of the molecule is COCC(=O)Nc1cccc2c1C(C)CC2(C)C. The molecule has 2 rings (SSSR count). The molecule has 3 heteroatoms. The Morgan fingerprint density at radius 2 is 2.22 bits per heavy atom. The van der Waals surface area contributed by atoms with Crippen molar-refractivity contribution in [3.8, 4) is 0 Å². The highest BCUT2D eigenvalue weighted by atomic mass is 16.5. The third kappa shape index (κ3) is 2.27. The van der Waals surface area contributed by atoms with Crippen LogP contribution in [0.1, 0.15) is 44.2 Å². The van der Waals surface area contributed by atoms with Gasteiger partial charge in [0.25, 0.3) is 0 Å². The van der Waals surface area contributed by atoms with E-state index in [1.54, 1.807) is 0 Å². The molecule has 0 bridgehead atoms. The second-order valence-electron chi connectivity index (χ2n) is 5.74. The number of hydrogen-bond acceptors (Lipinski definition) is 2. The van der Waals surface area contributed by atoms with Gasteiger partial charge in [-0.1, -0.05) is 32.9 Å². The number of carbonyl (C=O) groups is 1. The van der Waals surface area contributed by atoms with E-state index in [0.717, 1.165) is 12.1 Å². The average molecular weight is 247 g/mol. The first-order valence-corrected chi connectivity index (χ1v) is 6.38. The van der Waals surface area contributed by atoms with E-state index < -0.39 is 0 Å². The van der Waals surface area contributed by atoms with Gasteiger partial charge in [-0.05, 0) is 34.9 Å². The maximum Gasteiger partial charge on any atom is 0.250 e. The van der Waals surface area contributed by atoms with Crippen LogP contribution >= 0.6 is 0 Å². The maximum absolute atomic E-state index is 11.6. The second-order valence-corrected chi connectivity index (χ2v) is 5.74. The number of ether oxygens (including phenoxy) is 1. The van der Waals surface area contributed by atoms with E-state index in [0.29, 0.717) is 5.92 Å². The first kappa shape index (κ1) is 13.1. The van der Waals surface area contributed by atoms with Gasteiger partial charge < -0.3 is 10.1 Å². The molecular formula is C15H21NO2. The van der Waals surface area contributed by atoms with Crippen molar-refractivity contribution >= 4 is 11.6 Å². The molecule has 1 N–H and O–H groups in total. The van der Waals surface area contributed by atoms with Gasteiger partial charge in [0.1, 0.15) is 6.61 Å². The normalized spacial score (nSPS) is 20.6. The molecule has 0 radical (unpaired) electrons. The summed E-state index contributed by atoms with van der Waals surface area (Å²) in [5, 5.41) is 2.95. The van der Waals surface area contributed by atoms with Crippen LogP contribution in [-0.4, -0.2) is 19.6 Å². The topological polar surface area (TPSA) is 38.3 Å². The van der Waals surface area contributed by atoms with Crippen molar-refractivity contribution in [2.45, 2.75) is 38.5 Å². The number of benzene rings is 1. The molecule has 98 valence electrons. The van der Waals surface area contributed by atoms with Gasteiger partial charge in [-0.3, -0.25) is 4.79 Å². The predicted octanol–water partition coefficient (Wildman–Crippen LogP) is 3.06. The Labute approximate surface area is 109 Å². The molecule has 18 heavy (non-hydrogen) atoms. The van der Waals surface area contributed by atoms with Crippen LogP contribution in [0.5, 0.6) is 0 Å². The molecule has 1 unspecified atom stereocenters. The molecule has 1 aliphatic carbocycles. The minimum atomic E-state index is -0.0946. The molecule has 1 aromatic rings. The highest BCUT2D eigenvalue weighted by Crippen LogP contribution is 2.48. The zero-order valence-electron chi connectivity index (χ0n) is 11.5. The van der Waals surface area contributed by atoms with Crippen LogP contribution in [0.15, 0.2) is 18.2 Å². The summed E-state index contributed by atoms with van der Waals surface area (Å²) in [5.41, 5.74) is 3.77. The zero-order chi connectivity index (χ0) is 13.3. The van der Waals surface area contributed by atoms with Crippen molar-refractivity contribution in [2.24, 2.45) is 0 Å². The van der Waals surface area contributed by atoms with E-state index in [1.165, 1.54) is 18.2 Å². The van der Waals surface area contributed by atoms with Gasteiger partial charge in [0.15, 0.2) is 0 Å². The lowest BCUT2D eigenvalue weighted by atomic mass is 9.86. The summed E-state index contributed by atoms with van der Waals surface area (Å²) in [6.07, 6.45) is 1.12. The Balaban J connectivity index is 2.34. The van der Waals surface area contributed by atoms with Crippen molar-refractivity contribution in [1.82, 2.24) is 0 Å². The van der Waals surface area contributed by atoms with Crippen molar-refractivity contribution < 1.29 is 9.53 Å². The fourth-order valence-electron chi connectivity index (χ4n) is 3.09. The van der Waals surface area contributed by atoms with Crippen molar-refractivity contribution in [3.63, 3.8) is 0 Å². The standard InChI is InChI=1S/C15H21NO2/c1-10-8-15(2,3)11-6-5-7-12(14(10)11)16-13(17)9-18-4/h5-7,10H,8-9H2,1-4H3,(H,16,17). The lowest BCUT2D eigenvalue weighted by Gasteiger charge is -2.19. The summed E-state index contributed by atoms with van der Waals surface area (Å²) in [4.78, 5) is 11.6. The minimum Gasteiger partial charge on any atom is -0.375 e. The van der Waals surface area contributed by atoms with Crippen LogP contribution in [0.25, 0.3) is 0 Å².